The van der Waals surface area contributed by atoms with Gasteiger partial charge in [0.25, 0.3) is 0 Å². The van der Waals surface area contributed by atoms with E-state index in [1.807, 2.05) is 19.9 Å². The number of allylic oxidation sites excluding steroid dienone is 2. The third-order valence-electron chi connectivity index (χ3n) is 3.21. The van der Waals surface area contributed by atoms with E-state index in [4.69, 9.17) is 4.74 Å². The van der Waals surface area contributed by atoms with Gasteiger partial charge in [0.15, 0.2) is 0 Å². The Hall–Kier alpha value is -1.51. The molecular formula is C16H25NO2. The van der Waals surface area contributed by atoms with Crippen LogP contribution in [0.1, 0.15) is 68.2 Å². The van der Waals surface area contributed by atoms with Crippen molar-refractivity contribution in [2.45, 2.75) is 53.4 Å². The summed E-state index contributed by atoms with van der Waals surface area (Å²) in [5, 5.41) is 0. The van der Waals surface area contributed by atoms with Gasteiger partial charge in [-0.15, -0.1) is 0 Å². The van der Waals surface area contributed by atoms with Crippen LogP contribution in [0.25, 0.3) is 0 Å². The van der Waals surface area contributed by atoms with Gasteiger partial charge < -0.3 is 9.72 Å². The molecule has 0 radical (unpaired) electrons. The van der Waals surface area contributed by atoms with Crippen LogP contribution < -0.4 is 0 Å². The number of aromatic amines is 1. The second kappa shape index (κ2) is 7.17. The molecule has 1 aromatic rings. The maximum absolute atomic E-state index is 11.8. The van der Waals surface area contributed by atoms with Gasteiger partial charge in [0, 0.05) is 11.4 Å². The second-order valence-corrected chi connectivity index (χ2v) is 5.24. The number of H-pyrrole nitrogens is 1. The molecule has 0 aromatic carbocycles. The molecule has 0 amide bonds. The topological polar surface area (TPSA) is 42.1 Å². The summed E-state index contributed by atoms with van der Waals surface area (Å²) in [5.41, 5.74) is 4.01. The van der Waals surface area contributed by atoms with Crippen molar-refractivity contribution in [3.05, 3.63) is 34.7 Å². The molecule has 1 unspecified atom stereocenters. The highest BCUT2D eigenvalue weighted by atomic mass is 16.5. The Balaban J connectivity index is 2.71. The summed E-state index contributed by atoms with van der Waals surface area (Å²) in [6.07, 6.45) is 4.39. The van der Waals surface area contributed by atoms with Gasteiger partial charge in [0.2, 0.25) is 0 Å². The normalized spacial score (nSPS) is 12.1. The van der Waals surface area contributed by atoms with Gasteiger partial charge in [-0.1, -0.05) is 18.6 Å². The largest absolute Gasteiger partial charge is 0.462 e. The number of rotatable bonds is 6. The van der Waals surface area contributed by atoms with Gasteiger partial charge in [0.1, 0.15) is 0 Å². The second-order valence-electron chi connectivity index (χ2n) is 5.24. The van der Waals surface area contributed by atoms with Gasteiger partial charge >= 0.3 is 5.97 Å². The minimum atomic E-state index is -0.237. The molecule has 106 valence electrons. The molecule has 0 spiro atoms. The monoisotopic (exact) mass is 263 g/mol. The molecule has 1 aromatic heterocycles. The highest BCUT2D eigenvalue weighted by molar-refractivity contribution is 5.91. The van der Waals surface area contributed by atoms with E-state index >= 15 is 0 Å². The molecule has 0 fully saturated rings. The summed E-state index contributed by atoms with van der Waals surface area (Å²) in [6, 6.07) is 1.93. The van der Waals surface area contributed by atoms with E-state index in [2.05, 4.69) is 31.8 Å². The van der Waals surface area contributed by atoms with Crippen molar-refractivity contribution in [2.75, 3.05) is 6.61 Å². The molecule has 19 heavy (non-hydrogen) atoms. The number of hydrogen-bond donors (Lipinski definition) is 1. The number of hydrogen-bond acceptors (Lipinski definition) is 2. The van der Waals surface area contributed by atoms with Crippen LogP contribution in [0.3, 0.4) is 0 Å². The zero-order valence-electron chi connectivity index (χ0n) is 12.7. The third kappa shape index (κ3) is 4.58. The Bertz CT molecular complexity index is 453. The van der Waals surface area contributed by atoms with E-state index in [0.717, 1.165) is 24.2 Å². The van der Waals surface area contributed by atoms with Crippen LogP contribution in [-0.4, -0.2) is 17.6 Å². The van der Waals surface area contributed by atoms with Gasteiger partial charge in [-0.05, 0) is 52.5 Å². The van der Waals surface area contributed by atoms with E-state index in [1.54, 1.807) is 0 Å². The quantitative estimate of drug-likeness (QED) is 0.612. The van der Waals surface area contributed by atoms with Crippen LogP contribution in [-0.2, 0) is 4.74 Å². The third-order valence-corrected chi connectivity index (χ3v) is 3.21. The van der Waals surface area contributed by atoms with Crippen LogP contribution in [0.15, 0.2) is 17.7 Å². The molecule has 0 bridgehead atoms. The maximum atomic E-state index is 11.8. The minimum Gasteiger partial charge on any atom is -0.462 e. The van der Waals surface area contributed by atoms with E-state index in [0.29, 0.717) is 18.1 Å². The summed E-state index contributed by atoms with van der Waals surface area (Å²) in [7, 11) is 0. The highest BCUT2D eigenvalue weighted by Crippen LogP contribution is 2.23. The standard InChI is InChI=1S/C16H25NO2/c1-6-19-16(18)14-10-15(17-13(14)5)12(4)9-7-8-11(2)3/h8,10,12,17H,6-7,9H2,1-5H3. The first-order chi connectivity index (χ1) is 8.95. The van der Waals surface area contributed by atoms with E-state index in [9.17, 15) is 4.79 Å². The zero-order valence-corrected chi connectivity index (χ0v) is 12.7. The Morgan fingerprint density at radius 1 is 1.47 bits per heavy atom. The number of nitrogens with one attached hydrogen (secondary N) is 1. The lowest BCUT2D eigenvalue weighted by atomic mass is 10.0. The maximum Gasteiger partial charge on any atom is 0.339 e. The zero-order chi connectivity index (χ0) is 14.4. The number of carbonyl (C=O) groups is 1. The average Bonchev–Trinajstić information content (AvgIpc) is 2.71. The van der Waals surface area contributed by atoms with Crippen LogP contribution >= 0.6 is 0 Å². The smallest absolute Gasteiger partial charge is 0.339 e. The van der Waals surface area contributed by atoms with Crippen LogP contribution in [0.4, 0.5) is 0 Å². The Kier molecular flexibility index (Phi) is 5.87. The molecule has 1 rings (SSSR count). The van der Waals surface area contributed by atoms with Crippen molar-refractivity contribution in [2.24, 2.45) is 0 Å². The molecule has 1 atom stereocenters. The predicted molar refractivity (Wildman–Crippen MR) is 78.6 cm³/mol. The summed E-state index contributed by atoms with van der Waals surface area (Å²) in [4.78, 5) is 15.1. The first-order valence-corrected chi connectivity index (χ1v) is 6.95. The lowest BCUT2D eigenvalue weighted by Gasteiger charge is -2.07. The van der Waals surface area contributed by atoms with E-state index in [-0.39, 0.29) is 5.97 Å². The molecule has 0 aliphatic heterocycles. The molecule has 1 heterocycles. The fourth-order valence-electron chi connectivity index (χ4n) is 2.05. The minimum absolute atomic E-state index is 0.237. The van der Waals surface area contributed by atoms with Crippen LogP contribution in [0.2, 0.25) is 0 Å². The number of aryl methyl sites for hydroxylation is 1. The fraction of sp³-hybridized carbons (Fsp3) is 0.562. The number of ether oxygens (including phenoxy) is 1. The van der Waals surface area contributed by atoms with Gasteiger partial charge in [-0.3, -0.25) is 0 Å². The number of esters is 1. The number of aromatic nitrogens is 1. The van der Waals surface area contributed by atoms with Crippen molar-refractivity contribution in [1.29, 1.82) is 0 Å². The molecular weight excluding hydrogens is 238 g/mol. The van der Waals surface area contributed by atoms with Crippen molar-refractivity contribution < 1.29 is 9.53 Å². The molecule has 3 nitrogen and oxygen atoms in total. The first-order valence-electron chi connectivity index (χ1n) is 6.95. The Labute approximate surface area is 116 Å². The summed E-state index contributed by atoms with van der Waals surface area (Å²) < 4.78 is 5.05. The molecule has 0 saturated heterocycles. The van der Waals surface area contributed by atoms with Crippen LogP contribution in [0.5, 0.6) is 0 Å². The summed E-state index contributed by atoms with van der Waals surface area (Å²) >= 11 is 0. The Morgan fingerprint density at radius 3 is 2.74 bits per heavy atom. The molecule has 0 saturated carbocycles. The Morgan fingerprint density at radius 2 is 2.16 bits per heavy atom. The predicted octanol–water partition coefficient (Wildman–Crippen LogP) is 4.35. The van der Waals surface area contributed by atoms with E-state index < -0.39 is 0 Å². The highest BCUT2D eigenvalue weighted by Gasteiger charge is 2.16. The van der Waals surface area contributed by atoms with Crippen molar-refractivity contribution in [3.8, 4) is 0 Å². The molecule has 3 heteroatoms. The fourth-order valence-corrected chi connectivity index (χ4v) is 2.05. The lowest BCUT2D eigenvalue weighted by Crippen LogP contribution is -2.04. The number of carbonyl (C=O) groups excluding carboxylic acids is 1. The lowest BCUT2D eigenvalue weighted by molar-refractivity contribution is 0.0525. The first kappa shape index (κ1) is 15.5. The average molecular weight is 263 g/mol. The van der Waals surface area contributed by atoms with E-state index in [1.165, 1.54) is 5.57 Å². The molecule has 0 aliphatic carbocycles. The molecule has 0 aliphatic rings. The summed E-state index contributed by atoms with van der Waals surface area (Å²) in [6.45, 7) is 10.6. The molecule has 1 N–H and O–H groups in total. The summed E-state index contributed by atoms with van der Waals surface area (Å²) in [5.74, 6) is 0.177. The SMILES string of the molecule is CCOC(=O)c1cc(C(C)CCC=C(C)C)[nH]c1C. The van der Waals surface area contributed by atoms with Crippen LogP contribution in [0, 0.1) is 6.92 Å². The van der Waals surface area contributed by atoms with Crippen molar-refractivity contribution in [3.63, 3.8) is 0 Å². The van der Waals surface area contributed by atoms with Crippen molar-refractivity contribution in [1.82, 2.24) is 4.98 Å². The van der Waals surface area contributed by atoms with Gasteiger partial charge in [0.05, 0.1) is 12.2 Å². The van der Waals surface area contributed by atoms with Gasteiger partial charge in [-0.25, -0.2) is 4.79 Å². The van der Waals surface area contributed by atoms with Gasteiger partial charge in [-0.2, -0.15) is 0 Å². The van der Waals surface area contributed by atoms with Crippen molar-refractivity contribution >= 4 is 5.97 Å².